The number of amides is 1. The van der Waals surface area contributed by atoms with Crippen LogP contribution in [0.15, 0.2) is 0 Å². The number of hydrogen-bond donors (Lipinski definition) is 2. The summed E-state index contributed by atoms with van der Waals surface area (Å²) >= 11 is 0. The van der Waals surface area contributed by atoms with Crippen LogP contribution in [0.2, 0.25) is 0 Å². The highest BCUT2D eigenvalue weighted by Crippen LogP contribution is 2.15. The van der Waals surface area contributed by atoms with E-state index in [0.29, 0.717) is 12.3 Å². The van der Waals surface area contributed by atoms with Crippen molar-refractivity contribution in [1.29, 1.82) is 0 Å². The van der Waals surface area contributed by atoms with Crippen molar-refractivity contribution >= 4 is 18.3 Å². The molecule has 0 aliphatic carbocycles. The molecule has 1 heterocycles. The Hall–Kier alpha value is -0.280. The lowest BCUT2D eigenvalue weighted by Crippen LogP contribution is -2.43. The predicted molar refractivity (Wildman–Crippen MR) is 74.6 cm³/mol. The van der Waals surface area contributed by atoms with Crippen LogP contribution in [0, 0.1) is 5.92 Å². The second-order valence-electron chi connectivity index (χ2n) is 5.58. The van der Waals surface area contributed by atoms with Gasteiger partial charge in [-0.2, -0.15) is 0 Å². The monoisotopic (exact) mass is 262 g/mol. The Labute approximate surface area is 112 Å². The van der Waals surface area contributed by atoms with E-state index in [1.165, 1.54) is 6.42 Å². The van der Waals surface area contributed by atoms with Gasteiger partial charge in [0.1, 0.15) is 0 Å². The summed E-state index contributed by atoms with van der Waals surface area (Å²) < 4.78 is 0. The minimum absolute atomic E-state index is 0. The van der Waals surface area contributed by atoms with Gasteiger partial charge < -0.3 is 10.6 Å². The van der Waals surface area contributed by atoms with Gasteiger partial charge in [0.15, 0.2) is 0 Å². The van der Waals surface area contributed by atoms with Gasteiger partial charge in [-0.3, -0.25) is 4.79 Å². The molecule has 0 aromatic carbocycles. The number of nitrogens with one attached hydrogen (secondary N) is 2. The molecule has 1 atom stereocenters. The Bertz CT molecular complexity index is 225. The smallest absolute Gasteiger partial charge is 0.220 e. The van der Waals surface area contributed by atoms with Crippen molar-refractivity contribution < 1.29 is 4.79 Å². The third-order valence-corrected chi connectivity index (χ3v) is 3.29. The number of carbonyl (C=O) groups is 1. The Morgan fingerprint density at radius 3 is 2.71 bits per heavy atom. The van der Waals surface area contributed by atoms with Gasteiger partial charge >= 0.3 is 0 Å². The summed E-state index contributed by atoms with van der Waals surface area (Å²) in [5.41, 5.74) is -0.0419. The summed E-state index contributed by atoms with van der Waals surface area (Å²) in [5.74, 6) is 0.922. The van der Waals surface area contributed by atoms with Gasteiger partial charge in [0, 0.05) is 12.0 Å². The van der Waals surface area contributed by atoms with Gasteiger partial charge in [-0.05, 0) is 52.1 Å². The second-order valence-corrected chi connectivity index (χ2v) is 5.58. The molecule has 17 heavy (non-hydrogen) atoms. The van der Waals surface area contributed by atoms with E-state index < -0.39 is 0 Å². The molecule has 0 radical (unpaired) electrons. The highest BCUT2D eigenvalue weighted by atomic mass is 35.5. The molecule has 1 unspecified atom stereocenters. The number of carbonyl (C=O) groups excluding carboxylic acids is 1. The van der Waals surface area contributed by atoms with E-state index in [9.17, 15) is 4.79 Å². The molecular weight excluding hydrogens is 236 g/mol. The normalized spacial score (nSPS) is 19.8. The molecule has 3 nitrogen and oxygen atoms in total. The van der Waals surface area contributed by atoms with Crippen molar-refractivity contribution in [3.8, 4) is 0 Å². The summed E-state index contributed by atoms with van der Waals surface area (Å²) in [6.07, 6.45) is 5.09. The molecule has 1 aliphatic heterocycles. The minimum atomic E-state index is -0.0419. The van der Waals surface area contributed by atoms with Crippen molar-refractivity contribution in [3.63, 3.8) is 0 Å². The van der Waals surface area contributed by atoms with Gasteiger partial charge in [0.2, 0.25) is 5.91 Å². The number of halogens is 1. The molecule has 0 spiro atoms. The highest BCUT2D eigenvalue weighted by molar-refractivity contribution is 5.85. The van der Waals surface area contributed by atoms with Gasteiger partial charge in [0.25, 0.3) is 0 Å². The fourth-order valence-corrected chi connectivity index (χ4v) is 2.42. The van der Waals surface area contributed by atoms with Gasteiger partial charge in [-0.15, -0.1) is 12.4 Å². The average molecular weight is 263 g/mol. The number of hydrogen-bond acceptors (Lipinski definition) is 2. The summed E-state index contributed by atoms with van der Waals surface area (Å²) in [5, 5.41) is 6.45. The first-order chi connectivity index (χ1) is 7.53. The Kier molecular flexibility index (Phi) is 7.80. The van der Waals surface area contributed by atoms with Crippen molar-refractivity contribution in [3.05, 3.63) is 0 Å². The topological polar surface area (TPSA) is 41.1 Å². The molecule has 0 aromatic rings. The quantitative estimate of drug-likeness (QED) is 0.772. The van der Waals surface area contributed by atoms with E-state index in [-0.39, 0.29) is 23.9 Å². The van der Waals surface area contributed by atoms with Crippen molar-refractivity contribution in [2.45, 2.75) is 58.4 Å². The molecule has 1 rings (SSSR count). The van der Waals surface area contributed by atoms with E-state index in [4.69, 9.17) is 0 Å². The van der Waals surface area contributed by atoms with Gasteiger partial charge in [0.05, 0.1) is 0 Å². The van der Waals surface area contributed by atoms with Crippen LogP contribution in [0.4, 0.5) is 0 Å². The van der Waals surface area contributed by atoms with Gasteiger partial charge in [-0.25, -0.2) is 0 Å². The molecule has 1 aliphatic rings. The first kappa shape index (κ1) is 16.7. The third-order valence-electron chi connectivity index (χ3n) is 3.29. The first-order valence-corrected chi connectivity index (χ1v) is 6.55. The zero-order valence-electron chi connectivity index (χ0n) is 11.3. The SMILES string of the molecule is CCCC(C)(C)NC(=O)CCC1CCNC1.Cl. The summed E-state index contributed by atoms with van der Waals surface area (Å²) in [6.45, 7) is 8.56. The fourth-order valence-electron chi connectivity index (χ4n) is 2.42. The lowest BCUT2D eigenvalue weighted by molar-refractivity contribution is -0.123. The Morgan fingerprint density at radius 1 is 1.47 bits per heavy atom. The van der Waals surface area contributed by atoms with Crippen LogP contribution in [0.1, 0.15) is 52.9 Å². The van der Waals surface area contributed by atoms with E-state index >= 15 is 0 Å². The van der Waals surface area contributed by atoms with Crippen LogP contribution in [0.5, 0.6) is 0 Å². The molecule has 0 aromatic heterocycles. The first-order valence-electron chi connectivity index (χ1n) is 6.55. The molecule has 4 heteroatoms. The summed E-state index contributed by atoms with van der Waals surface area (Å²) in [6, 6.07) is 0. The minimum Gasteiger partial charge on any atom is -0.351 e. The van der Waals surface area contributed by atoms with Crippen molar-refractivity contribution in [1.82, 2.24) is 10.6 Å². The molecular formula is C13H27ClN2O. The molecule has 1 saturated heterocycles. The molecule has 0 bridgehead atoms. The molecule has 1 fully saturated rings. The third kappa shape index (κ3) is 6.89. The zero-order valence-corrected chi connectivity index (χ0v) is 12.2. The van der Waals surface area contributed by atoms with Crippen LogP contribution in [0.3, 0.4) is 0 Å². The maximum atomic E-state index is 11.8. The van der Waals surface area contributed by atoms with E-state index in [1.54, 1.807) is 0 Å². The van der Waals surface area contributed by atoms with E-state index in [2.05, 4.69) is 31.4 Å². The second kappa shape index (κ2) is 7.93. The summed E-state index contributed by atoms with van der Waals surface area (Å²) in [7, 11) is 0. The lowest BCUT2D eigenvalue weighted by Gasteiger charge is -2.26. The molecule has 0 saturated carbocycles. The van der Waals surface area contributed by atoms with Crippen molar-refractivity contribution in [2.75, 3.05) is 13.1 Å². The van der Waals surface area contributed by atoms with Crippen LogP contribution < -0.4 is 10.6 Å². The number of rotatable bonds is 6. The Balaban J connectivity index is 0.00000256. The van der Waals surface area contributed by atoms with E-state index in [1.807, 2.05) is 0 Å². The highest BCUT2D eigenvalue weighted by Gasteiger charge is 2.20. The van der Waals surface area contributed by atoms with Crippen LogP contribution >= 0.6 is 12.4 Å². The van der Waals surface area contributed by atoms with Crippen LogP contribution in [0.25, 0.3) is 0 Å². The summed E-state index contributed by atoms with van der Waals surface area (Å²) in [4.78, 5) is 11.8. The van der Waals surface area contributed by atoms with Crippen LogP contribution in [-0.4, -0.2) is 24.5 Å². The molecule has 2 N–H and O–H groups in total. The van der Waals surface area contributed by atoms with Gasteiger partial charge in [-0.1, -0.05) is 13.3 Å². The standard InChI is InChI=1S/C13H26N2O.ClH/c1-4-8-13(2,3)15-12(16)6-5-11-7-9-14-10-11;/h11,14H,4-10H2,1-3H3,(H,15,16);1H. The van der Waals surface area contributed by atoms with E-state index in [0.717, 1.165) is 32.4 Å². The maximum Gasteiger partial charge on any atom is 0.220 e. The average Bonchev–Trinajstić information content (AvgIpc) is 2.66. The van der Waals surface area contributed by atoms with Crippen LogP contribution in [-0.2, 0) is 4.79 Å². The fraction of sp³-hybridized carbons (Fsp3) is 0.923. The van der Waals surface area contributed by atoms with Crippen molar-refractivity contribution in [2.24, 2.45) is 5.92 Å². The molecule has 102 valence electrons. The molecule has 1 amide bonds. The lowest BCUT2D eigenvalue weighted by atomic mass is 9.97. The largest absolute Gasteiger partial charge is 0.351 e. The zero-order chi connectivity index (χ0) is 12.0. The Morgan fingerprint density at radius 2 is 2.18 bits per heavy atom. The maximum absolute atomic E-state index is 11.8. The predicted octanol–water partition coefficient (Wildman–Crippen LogP) is 2.49.